The number of ether oxygens (including phenoxy) is 2. The SMILES string of the molecule is CN=C(NCc1ccc(OC)c(OC(F)F)c1)NCc1ccc(C)cc1C.I. The summed E-state index contributed by atoms with van der Waals surface area (Å²) in [4.78, 5) is 4.19. The minimum Gasteiger partial charge on any atom is -0.493 e. The molecule has 0 aliphatic rings. The number of alkyl halides is 2. The first-order valence-corrected chi connectivity index (χ1v) is 8.55. The van der Waals surface area contributed by atoms with E-state index in [2.05, 4.69) is 52.4 Å². The molecule has 0 fully saturated rings. The molecule has 0 atom stereocenters. The Bertz CT molecular complexity index is 801. The fraction of sp³-hybridized carbons (Fsp3) is 0.350. The molecule has 0 aliphatic heterocycles. The third-order valence-electron chi connectivity index (χ3n) is 4.07. The molecule has 0 saturated heterocycles. The standard InChI is InChI=1S/C20H25F2N3O2.HI/c1-13-5-7-16(14(2)9-13)12-25-20(23-3)24-11-15-6-8-17(26-4)18(10-15)27-19(21)22;/h5-10,19H,11-12H2,1-4H3,(H2,23,24,25);1H. The number of hydrogen-bond acceptors (Lipinski definition) is 3. The van der Waals surface area contributed by atoms with Crippen LogP contribution in [0.5, 0.6) is 11.5 Å². The van der Waals surface area contributed by atoms with Crippen LogP contribution < -0.4 is 20.1 Å². The van der Waals surface area contributed by atoms with E-state index in [1.54, 1.807) is 19.2 Å². The number of rotatable bonds is 7. The number of aliphatic imine (C=N–C) groups is 1. The largest absolute Gasteiger partial charge is 0.493 e. The van der Waals surface area contributed by atoms with Crippen molar-refractivity contribution in [2.24, 2.45) is 4.99 Å². The minimum absolute atomic E-state index is 0. The number of halogens is 3. The third-order valence-corrected chi connectivity index (χ3v) is 4.07. The number of benzene rings is 2. The van der Waals surface area contributed by atoms with Crippen LogP contribution in [-0.4, -0.2) is 26.7 Å². The van der Waals surface area contributed by atoms with E-state index in [1.165, 1.54) is 29.9 Å². The van der Waals surface area contributed by atoms with E-state index < -0.39 is 6.61 Å². The van der Waals surface area contributed by atoms with Crippen LogP contribution in [0.1, 0.15) is 22.3 Å². The van der Waals surface area contributed by atoms with Gasteiger partial charge in [0.1, 0.15) is 0 Å². The second-order valence-electron chi connectivity index (χ2n) is 6.07. The Labute approximate surface area is 181 Å². The van der Waals surface area contributed by atoms with Gasteiger partial charge in [0.05, 0.1) is 7.11 Å². The smallest absolute Gasteiger partial charge is 0.387 e. The molecule has 0 spiro atoms. The molecule has 0 unspecified atom stereocenters. The first kappa shape index (κ1) is 23.9. The number of guanidine groups is 1. The van der Waals surface area contributed by atoms with Gasteiger partial charge in [0, 0.05) is 20.1 Å². The second kappa shape index (κ2) is 11.7. The summed E-state index contributed by atoms with van der Waals surface area (Å²) >= 11 is 0. The van der Waals surface area contributed by atoms with Gasteiger partial charge in [-0.3, -0.25) is 4.99 Å². The van der Waals surface area contributed by atoms with Gasteiger partial charge in [-0.25, -0.2) is 0 Å². The van der Waals surface area contributed by atoms with Gasteiger partial charge in [0.25, 0.3) is 0 Å². The fourth-order valence-electron chi connectivity index (χ4n) is 2.65. The van der Waals surface area contributed by atoms with Crippen molar-refractivity contribution in [2.75, 3.05) is 14.2 Å². The summed E-state index contributed by atoms with van der Waals surface area (Å²) in [6.45, 7) is 2.26. The molecule has 5 nitrogen and oxygen atoms in total. The number of hydrogen-bond donors (Lipinski definition) is 2. The van der Waals surface area contributed by atoms with Gasteiger partial charge >= 0.3 is 6.61 Å². The van der Waals surface area contributed by atoms with Gasteiger partial charge in [0.15, 0.2) is 17.5 Å². The predicted molar refractivity (Wildman–Crippen MR) is 118 cm³/mol. The normalized spacial score (nSPS) is 11.0. The molecule has 2 aromatic carbocycles. The maximum atomic E-state index is 12.5. The Morgan fingerprint density at radius 2 is 1.75 bits per heavy atom. The molecule has 28 heavy (non-hydrogen) atoms. The summed E-state index contributed by atoms with van der Waals surface area (Å²) in [7, 11) is 3.08. The van der Waals surface area contributed by atoms with Gasteiger partial charge < -0.3 is 20.1 Å². The van der Waals surface area contributed by atoms with E-state index >= 15 is 0 Å². The van der Waals surface area contributed by atoms with Crippen molar-refractivity contribution < 1.29 is 18.3 Å². The van der Waals surface area contributed by atoms with Crippen LogP contribution in [0.3, 0.4) is 0 Å². The van der Waals surface area contributed by atoms with Gasteiger partial charge in [-0.1, -0.05) is 29.8 Å². The molecule has 2 rings (SSSR count). The summed E-state index contributed by atoms with van der Waals surface area (Å²) in [5.74, 6) is 0.878. The number of aryl methyl sites for hydroxylation is 2. The lowest BCUT2D eigenvalue weighted by atomic mass is 10.1. The number of methoxy groups -OCH3 is 1. The summed E-state index contributed by atoms with van der Waals surface area (Å²) in [5.41, 5.74) is 4.38. The van der Waals surface area contributed by atoms with Crippen LogP contribution in [0.15, 0.2) is 41.4 Å². The van der Waals surface area contributed by atoms with E-state index in [9.17, 15) is 8.78 Å². The molecule has 0 heterocycles. The summed E-state index contributed by atoms with van der Waals surface area (Å²) < 4.78 is 34.6. The molecular weight excluding hydrogens is 479 g/mol. The molecular formula is C20H26F2IN3O2. The Hall–Kier alpha value is -2.10. The molecule has 2 aromatic rings. The highest BCUT2D eigenvalue weighted by molar-refractivity contribution is 14.0. The summed E-state index contributed by atoms with van der Waals surface area (Å²) in [6.07, 6.45) is 0. The van der Waals surface area contributed by atoms with Gasteiger partial charge in [-0.15, -0.1) is 24.0 Å². The van der Waals surface area contributed by atoms with Crippen LogP contribution in [0.4, 0.5) is 8.78 Å². The van der Waals surface area contributed by atoms with Crippen molar-refractivity contribution in [3.63, 3.8) is 0 Å². The molecule has 0 bridgehead atoms. The Kier molecular flexibility index (Phi) is 9.98. The Morgan fingerprint density at radius 3 is 2.36 bits per heavy atom. The lowest BCUT2D eigenvalue weighted by molar-refractivity contribution is -0.0512. The van der Waals surface area contributed by atoms with E-state index in [0.29, 0.717) is 19.0 Å². The maximum absolute atomic E-state index is 12.5. The number of nitrogens with zero attached hydrogens (tertiary/aromatic N) is 1. The summed E-state index contributed by atoms with van der Waals surface area (Å²) in [5, 5.41) is 6.41. The predicted octanol–water partition coefficient (Wildman–Crippen LogP) is 4.40. The van der Waals surface area contributed by atoms with E-state index in [-0.39, 0.29) is 35.5 Å². The first-order chi connectivity index (χ1) is 12.9. The van der Waals surface area contributed by atoms with Crippen LogP contribution in [0.25, 0.3) is 0 Å². The Morgan fingerprint density at radius 1 is 1.04 bits per heavy atom. The van der Waals surface area contributed by atoms with Crippen molar-refractivity contribution >= 4 is 29.9 Å². The zero-order chi connectivity index (χ0) is 19.8. The van der Waals surface area contributed by atoms with Gasteiger partial charge in [-0.2, -0.15) is 8.78 Å². The Balaban J connectivity index is 0.00000392. The number of nitrogens with one attached hydrogen (secondary N) is 2. The summed E-state index contributed by atoms with van der Waals surface area (Å²) in [6, 6.07) is 11.2. The average molecular weight is 505 g/mol. The minimum atomic E-state index is -2.91. The maximum Gasteiger partial charge on any atom is 0.387 e. The van der Waals surface area contributed by atoms with Crippen LogP contribution in [-0.2, 0) is 13.1 Å². The zero-order valence-electron chi connectivity index (χ0n) is 16.4. The molecule has 0 saturated carbocycles. The van der Waals surface area contributed by atoms with Gasteiger partial charge in [-0.05, 0) is 42.7 Å². The molecule has 154 valence electrons. The highest BCUT2D eigenvalue weighted by atomic mass is 127. The van der Waals surface area contributed by atoms with Crippen molar-refractivity contribution in [1.29, 1.82) is 0 Å². The van der Waals surface area contributed by atoms with E-state index in [4.69, 9.17) is 4.74 Å². The van der Waals surface area contributed by atoms with Gasteiger partial charge in [0.2, 0.25) is 0 Å². The lowest BCUT2D eigenvalue weighted by Gasteiger charge is -2.15. The van der Waals surface area contributed by atoms with Crippen LogP contribution in [0, 0.1) is 13.8 Å². The van der Waals surface area contributed by atoms with Crippen molar-refractivity contribution in [3.05, 3.63) is 58.7 Å². The van der Waals surface area contributed by atoms with Crippen LogP contribution in [0.2, 0.25) is 0 Å². The molecule has 8 heteroatoms. The first-order valence-electron chi connectivity index (χ1n) is 8.55. The molecule has 0 aliphatic carbocycles. The third kappa shape index (κ3) is 7.14. The quantitative estimate of drug-likeness (QED) is 0.333. The second-order valence-corrected chi connectivity index (χ2v) is 6.07. The average Bonchev–Trinajstić information content (AvgIpc) is 2.63. The highest BCUT2D eigenvalue weighted by Crippen LogP contribution is 2.29. The molecule has 0 aromatic heterocycles. The zero-order valence-corrected chi connectivity index (χ0v) is 18.7. The highest BCUT2D eigenvalue weighted by Gasteiger charge is 2.11. The molecule has 0 radical (unpaired) electrons. The van der Waals surface area contributed by atoms with E-state index in [1.807, 2.05) is 0 Å². The van der Waals surface area contributed by atoms with Crippen molar-refractivity contribution in [1.82, 2.24) is 10.6 Å². The molecule has 2 N–H and O–H groups in total. The lowest BCUT2D eigenvalue weighted by Crippen LogP contribution is -2.36. The topological polar surface area (TPSA) is 54.9 Å². The van der Waals surface area contributed by atoms with E-state index in [0.717, 1.165) is 5.56 Å². The van der Waals surface area contributed by atoms with Crippen molar-refractivity contribution in [3.8, 4) is 11.5 Å². The van der Waals surface area contributed by atoms with Crippen LogP contribution >= 0.6 is 24.0 Å². The fourth-order valence-corrected chi connectivity index (χ4v) is 2.65. The monoisotopic (exact) mass is 505 g/mol. The van der Waals surface area contributed by atoms with Crippen molar-refractivity contribution in [2.45, 2.75) is 33.5 Å². The molecule has 0 amide bonds.